The first-order valence-electron chi connectivity index (χ1n) is 10.2. The van der Waals surface area contributed by atoms with Crippen molar-refractivity contribution in [3.63, 3.8) is 0 Å². The molecule has 1 aliphatic carbocycles. The summed E-state index contributed by atoms with van der Waals surface area (Å²) in [5, 5.41) is 3.28. The first-order valence-corrected chi connectivity index (χ1v) is 10.2. The van der Waals surface area contributed by atoms with Gasteiger partial charge < -0.3 is 15.1 Å². The van der Waals surface area contributed by atoms with E-state index in [0.717, 1.165) is 75.6 Å². The van der Waals surface area contributed by atoms with Crippen LogP contribution in [0.4, 0.5) is 5.82 Å². The first kappa shape index (κ1) is 17.7. The summed E-state index contributed by atoms with van der Waals surface area (Å²) in [6.45, 7) is 3.62. The molecule has 0 unspecified atom stereocenters. The molecule has 1 N–H and O–H groups in total. The standard InChI is InChI=1S/C20H31N5O/c1-21-19-16-9-11-24(2)13-17(16)22-18(23-19)15-8-5-10-25(12-15)20(26)14-6-3-4-7-14/h14-15H,3-13H2,1-2H3,(H,21,22,23)/t15-/m1/s1. The van der Waals surface area contributed by atoms with Gasteiger partial charge in [0.15, 0.2) is 0 Å². The molecule has 1 aromatic rings. The number of likely N-dealkylation sites (N-methyl/N-ethyl adjacent to an activating group) is 1. The molecule has 3 heterocycles. The third-order valence-corrected chi connectivity index (χ3v) is 6.31. The Balaban J connectivity index is 1.54. The number of nitrogens with one attached hydrogen (secondary N) is 1. The van der Waals surface area contributed by atoms with Crippen molar-refractivity contribution in [3.05, 3.63) is 17.1 Å². The number of rotatable bonds is 3. The van der Waals surface area contributed by atoms with Crippen LogP contribution < -0.4 is 5.32 Å². The predicted molar refractivity (Wildman–Crippen MR) is 102 cm³/mol. The summed E-state index contributed by atoms with van der Waals surface area (Å²) in [5.74, 6) is 2.81. The molecule has 1 aromatic heterocycles. The van der Waals surface area contributed by atoms with Gasteiger partial charge in [0.25, 0.3) is 0 Å². The summed E-state index contributed by atoms with van der Waals surface area (Å²) in [4.78, 5) is 27.1. The van der Waals surface area contributed by atoms with Gasteiger partial charge >= 0.3 is 0 Å². The molecule has 3 aliphatic rings. The van der Waals surface area contributed by atoms with Gasteiger partial charge in [-0.1, -0.05) is 12.8 Å². The minimum atomic E-state index is 0.263. The lowest BCUT2D eigenvalue weighted by Crippen LogP contribution is -2.42. The lowest BCUT2D eigenvalue weighted by Gasteiger charge is -2.34. The van der Waals surface area contributed by atoms with Crippen molar-refractivity contribution < 1.29 is 4.79 Å². The zero-order valence-electron chi connectivity index (χ0n) is 16.1. The normalized spacial score (nSPS) is 24.5. The molecule has 0 bridgehead atoms. The number of nitrogens with zero attached hydrogens (tertiary/aromatic N) is 4. The molecule has 2 fully saturated rings. The molecule has 0 radical (unpaired) electrons. The summed E-state index contributed by atoms with van der Waals surface area (Å²) >= 11 is 0. The van der Waals surface area contributed by atoms with Crippen LogP contribution in [0.2, 0.25) is 0 Å². The molecule has 1 amide bonds. The maximum Gasteiger partial charge on any atom is 0.225 e. The Hall–Kier alpha value is -1.69. The Kier molecular flexibility index (Phi) is 5.11. The molecule has 0 aromatic carbocycles. The molecule has 1 saturated carbocycles. The Morgan fingerprint density at radius 2 is 1.92 bits per heavy atom. The molecule has 1 saturated heterocycles. The minimum absolute atomic E-state index is 0.263. The zero-order chi connectivity index (χ0) is 18.1. The number of hydrogen-bond acceptors (Lipinski definition) is 5. The lowest BCUT2D eigenvalue weighted by atomic mass is 9.94. The third kappa shape index (κ3) is 3.43. The summed E-state index contributed by atoms with van der Waals surface area (Å²) < 4.78 is 0. The van der Waals surface area contributed by atoms with Gasteiger partial charge in [0.05, 0.1) is 5.69 Å². The smallest absolute Gasteiger partial charge is 0.225 e. The van der Waals surface area contributed by atoms with Crippen LogP contribution in [-0.2, 0) is 17.8 Å². The van der Waals surface area contributed by atoms with Gasteiger partial charge in [-0.05, 0) is 39.2 Å². The van der Waals surface area contributed by atoms with E-state index >= 15 is 0 Å². The van der Waals surface area contributed by atoms with Crippen LogP contribution in [0, 0.1) is 5.92 Å². The molecule has 1 atom stereocenters. The highest BCUT2D eigenvalue weighted by molar-refractivity contribution is 5.79. The van der Waals surface area contributed by atoms with E-state index in [-0.39, 0.29) is 11.8 Å². The Morgan fingerprint density at radius 3 is 2.69 bits per heavy atom. The van der Waals surface area contributed by atoms with Crippen molar-refractivity contribution >= 4 is 11.7 Å². The van der Waals surface area contributed by atoms with Crippen LogP contribution in [-0.4, -0.2) is 59.4 Å². The van der Waals surface area contributed by atoms with E-state index in [1.807, 2.05) is 7.05 Å². The average Bonchev–Trinajstić information content (AvgIpc) is 3.21. The summed E-state index contributed by atoms with van der Waals surface area (Å²) in [6.07, 6.45) is 7.70. The second-order valence-corrected chi connectivity index (χ2v) is 8.20. The molecule has 0 spiro atoms. The zero-order valence-corrected chi connectivity index (χ0v) is 16.1. The summed E-state index contributed by atoms with van der Waals surface area (Å²) in [6, 6.07) is 0. The van der Waals surface area contributed by atoms with E-state index in [1.54, 1.807) is 0 Å². The number of carbonyl (C=O) groups excluding carboxylic acids is 1. The number of piperidine rings is 1. The molecular formula is C20H31N5O. The minimum Gasteiger partial charge on any atom is -0.373 e. The molecule has 2 aliphatic heterocycles. The predicted octanol–water partition coefficient (Wildman–Crippen LogP) is 2.40. The van der Waals surface area contributed by atoms with Gasteiger partial charge in [-0.3, -0.25) is 4.79 Å². The number of anilines is 1. The summed E-state index contributed by atoms with van der Waals surface area (Å²) in [5.41, 5.74) is 2.43. The fraction of sp³-hybridized carbons (Fsp3) is 0.750. The lowest BCUT2D eigenvalue weighted by molar-refractivity contribution is -0.136. The highest BCUT2D eigenvalue weighted by Gasteiger charge is 2.32. The van der Waals surface area contributed by atoms with Gasteiger partial charge in [-0.15, -0.1) is 0 Å². The topological polar surface area (TPSA) is 61.4 Å². The van der Waals surface area contributed by atoms with Crippen molar-refractivity contribution in [2.45, 2.75) is 57.4 Å². The first-order chi connectivity index (χ1) is 12.7. The molecule has 4 rings (SSSR count). The van der Waals surface area contributed by atoms with Gasteiger partial charge in [0, 0.05) is 50.6 Å². The van der Waals surface area contributed by atoms with E-state index in [0.29, 0.717) is 5.91 Å². The van der Waals surface area contributed by atoms with Gasteiger partial charge in [0.1, 0.15) is 11.6 Å². The highest BCUT2D eigenvalue weighted by atomic mass is 16.2. The maximum atomic E-state index is 12.8. The largest absolute Gasteiger partial charge is 0.373 e. The molecular weight excluding hydrogens is 326 g/mol. The average molecular weight is 358 g/mol. The molecule has 6 heteroatoms. The number of fused-ring (bicyclic) bond motifs is 1. The van der Waals surface area contributed by atoms with E-state index in [2.05, 4.69) is 22.2 Å². The fourth-order valence-corrected chi connectivity index (χ4v) is 4.79. The number of hydrogen-bond donors (Lipinski definition) is 1. The van der Waals surface area contributed by atoms with E-state index in [1.165, 1.54) is 18.4 Å². The SMILES string of the molecule is CNc1nc([C@@H]2CCCN(C(=O)C3CCCC3)C2)nc2c1CCN(C)C2. The van der Waals surface area contributed by atoms with Crippen molar-refractivity contribution in [3.8, 4) is 0 Å². The number of likely N-dealkylation sites (tertiary alicyclic amines) is 1. The van der Waals surface area contributed by atoms with Crippen molar-refractivity contribution in [2.75, 3.05) is 39.0 Å². The second-order valence-electron chi connectivity index (χ2n) is 8.20. The quantitative estimate of drug-likeness (QED) is 0.900. The van der Waals surface area contributed by atoms with E-state index in [9.17, 15) is 4.79 Å². The van der Waals surface area contributed by atoms with Crippen LogP contribution in [0.25, 0.3) is 0 Å². The molecule has 26 heavy (non-hydrogen) atoms. The fourth-order valence-electron chi connectivity index (χ4n) is 4.79. The third-order valence-electron chi connectivity index (χ3n) is 6.31. The van der Waals surface area contributed by atoms with Crippen LogP contribution in [0.5, 0.6) is 0 Å². The van der Waals surface area contributed by atoms with Crippen LogP contribution in [0.15, 0.2) is 0 Å². The van der Waals surface area contributed by atoms with E-state index in [4.69, 9.17) is 9.97 Å². The van der Waals surface area contributed by atoms with Crippen LogP contribution in [0.1, 0.15) is 61.5 Å². The number of amides is 1. The Morgan fingerprint density at radius 1 is 1.12 bits per heavy atom. The molecule has 142 valence electrons. The van der Waals surface area contributed by atoms with Gasteiger partial charge in [-0.2, -0.15) is 0 Å². The Bertz CT molecular complexity index is 670. The van der Waals surface area contributed by atoms with E-state index < -0.39 is 0 Å². The van der Waals surface area contributed by atoms with Crippen LogP contribution in [0.3, 0.4) is 0 Å². The second kappa shape index (κ2) is 7.51. The Labute approximate surface area is 156 Å². The number of carbonyl (C=O) groups is 1. The van der Waals surface area contributed by atoms with Gasteiger partial charge in [-0.25, -0.2) is 9.97 Å². The van der Waals surface area contributed by atoms with Crippen molar-refractivity contribution in [2.24, 2.45) is 5.92 Å². The summed E-state index contributed by atoms with van der Waals surface area (Å²) in [7, 11) is 4.09. The monoisotopic (exact) mass is 357 g/mol. The maximum absolute atomic E-state index is 12.8. The van der Waals surface area contributed by atoms with Crippen LogP contribution >= 0.6 is 0 Å². The van der Waals surface area contributed by atoms with Crippen molar-refractivity contribution in [1.29, 1.82) is 0 Å². The highest BCUT2D eigenvalue weighted by Crippen LogP contribution is 2.32. The number of aromatic nitrogens is 2. The van der Waals surface area contributed by atoms with Gasteiger partial charge in [0.2, 0.25) is 5.91 Å². The molecule has 6 nitrogen and oxygen atoms in total. The van der Waals surface area contributed by atoms with Crippen molar-refractivity contribution in [1.82, 2.24) is 19.8 Å².